The van der Waals surface area contributed by atoms with Crippen LogP contribution in [0.25, 0.3) is 0 Å². The molecule has 9 heteroatoms. The Hall–Kier alpha value is -2.94. The van der Waals surface area contributed by atoms with Crippen LogP contribution in [0.5, 0.6) is 0 Å². The first-order chi connectivity index (χ1) is 11.9. The van der Waals surface area contributed by atoms with Gasteiger partial charge in [0, 0.05) is 18.0 Å². The van der Waals surface area contributed by atoms with Crippen molar-refractivity contribution in [3.05, 3.63) is 40.9 Å². The van der Waals surface area contributed by atoms with Gasteiger partial charge < -0.3 is 10.1 Å². The van der Waals surface area contributed by atoms with Crippen molar-refractivity contribution in [2.45, 2.75) is 20.8 Å². The average Bonchev–Trinajstić information content (AvgIpc) is 3.04. The second kappa shape index (κ2) is 8.25. The first-order valence-electron chi connectivity index (χ1n) is 7.48. The summed E-state index contributed by atoms with van der Waals surface area (Å²) in [7, 11) is 0. The fourth-order valence-corrected chi connectivity index (χ4v) is 2.58. The molecule has 0 radical (unpaired) electrons. The molecule has 2 rings (SSSR count). The van der Waals surface area contributed by atoms with E-state index in [1.807, 2.05) is 19.1 Å². The molecule has 0 fully saturated rings. The minimum absolute atomic E-state index is 0.0698. The van der Waals surface area contributed by atoms with Crippen molar-refractivity contribution < 1.29 is 19.1 Å². The van der Waals surface area contributed by atoms with Crippen LogP contribution in [0, 0.1) is 6.92 Å². The highest BCUT2D eigenvalue weighted by Gasteiger charge is 2.22. The fraction of sp³-hybridized carbons (Fsp3) is 0.250. The Kier molecular flexibility index (Phi) is 6.07. The lowest BCUT2D eigenvalue weighted by Crippen LogP contribution is -2.47. The van der Waals surface area contributed by atoms with Crippen molar-refractivity contribution >= 4 is 40.1 Å². The summed E-state index contributed by atoms with van der Waals surface area (Å²) in [4.78, 5) is 39.7. The van der Waals surface area contributed by atoms with Gasteiger partial charge in [-0.25, -0.2) is 14.6 Å². The Labute approximate surface area is 148 Å². The molecule has 0 saturated carbocycles. The van der Waals surface area contributed by atoms with Gasteiger partial charge in [0.25, 0.3) is 0 Å². The summed E-state index contributed by atoms with van der Waals surface area (Å²) in [6.07, 6.45) is 0. The molecule has 0 aliphatic carbocycles. The Bertz CT molecular complexity index is 773. The van der Waals surface area contributed by atoms with Crippen molar-refractivity contribution in [1.29, 1.82) is 0 Å². The molecule has 0 unspecified atom stereocenters. The van der Waals surface area contributed by atoms with Crippen molar-refractivity contribution in [3.63, 3.8) is 0 Å². The molecule has 3 amide bonds. The number of aromatic nitrogens is 1. The number of nitrogens with one attached hydrogen (secondary N) is 2. The largest absolute Gasteiger partial charge is 0.461 e. The monoisotopic (exact) mass is 362 g/mol. The molecule has 0 atom stereocenters. The molecule has 0 aliphatic rings. The van der Waals surface area contributed by atoms with E-state index in [1.165, 1.54) is 12.3 Å². The number of hydrogen-bond acceptors (Lipinski definition) is 6. The quantitative estimate of drug-likeness (QED) is 0.643. The van der Waals surface area contributed by atoms with Gasteiger partial charge in [-0.3, -0.25) is 10.2 Å². The highest BCUT2D eigenvalue weighted by molar-refractivity contribution is 7.14. The van der Waals surface area contributed by atoms with E-state index in [2.05, 4.69) is 15.7 Å². The van der Waals surface area contributed by atoms with Crippen LogP contribution < -0.4 is 15.8 Å². The number of ether oxygens (including phenoxy) is 1. The zero-order valence-electron chi connectivity index (χ0n) is 14.0. The Balaban J connectivity index is 2.20. The lowest BCUT2D eigenvalue weighted by Gasteiger charge is -2.20. The molecule has 1 aromatic heterocycles. The van der Waals surface area contributed by atoms with Crippen LogP contribution in [0.15, 0.2) is 29.6 Å². The van der Waals surface area contributed by atoms with Crippen molar-refractivity contribution in [3.8, 4) is 0 Å². The Morgan fingerprint density at radius 2 is 1.92 bits per heavy atom. The zero-order valence-corrected chi connectivity index (χ0v) is 14.8. The van der Waals surface area contributed by atoms with Crippen molar-refractivity contribution in [2.24, 2.45) is 0 Å². The smallest absolute Gasteiger partial charge is 0.357 e. The van der Waals surface area contributed by atoms with Crippen LogP contribution in [-0.4, -0.2) is 29.5 Å². The predicted octanol–water partition coefficient (Wildman–Crippen LogP) is 2.72. The third-order valence-corrected chi connectivity index (χ3v) is 3.77. The molecular formula is C16H18N4O4S. The van der Waals surface area contributed by atoms with Crippen LogP contribution in [-0.2, 0) is 9.53 Å². The molecule has 0 aliphatic heterocycles. The number of anilines is 2. The summed E-state index contributed by atoms with van der Waals surface area (Å²) in [6.45, 7) is 5.10. The molecule has 0 spiro atoms. The number of amides is 3. The highest BCUT2D eigenvalue weighted by Crippen LogP contribution is 2.21. The van der Waals surface area contributed by atoms with Gasteiger partial charge in [-0.2, -0.15) is 5.01 Å². The van der Waals surface area contributed by atoms with E-state index in [-0.39, 0.29) is 17.4 Å². The number of hydrazine groups is 1. The third-order valence-electron chi connectivity index (χ3n) is 2.94. The number of carbonyl (C=O) groups is 3. The molecule has 2 aromatic rings. The van der Waals surface area contributed by atoms with Crippen LogP contribution in [0.3, 0.4) is 0 Å². The number of hydrogen-bond donors (Lipinski definition) is 2. The van der Waals surface area contributed by atoms with Crippen LogP contribution in [0.4, 0.5) is 15.6 Å². The first kappa shape index (κ1) is 18.4. The molecule has 0 bridgehead atoms. The lowest BCUT2D eigenvalue weighted by atomic mass is 10.2. The molecular weight excluding hydrogens is 344 g/mol. The maximum Gasteiger partial charge on any atom is 0.357 e. The van der Waals surface area contributed by atoms with E-state index in [4.69, 9.17) is 4.74 Å². The van der Waals surface area contributed by atoms with Gasteiger partial charge in [0.2, 0.25) is 11.0 Å². The summed E-state index contributed by atoms with van der Waals surface area (Å²) in [5.74, 6) is -1.04. The van der Waals surface area contributed by atoms with E-state index in [1.54, 1.807) is 19.1 Å². The standard InChI is InChI=1S/C16H18N4O4S/c1-4-24-14(22)13-9-25-16(18-13)20(19-11(3)21)15(23)17-12-7-5-10(2)6-8-12/h5-9H,4H2,1-3H3,(H,17,23)(H,19,21). The fourth-order valence-electron chi connectivity index (χ4n) is 1.82. The normalized spacial score (nSPS) is 10.0. The van der Waals surface area contributed by atoms with Crippen LogP contribution in [0.1, 0.15) is 29.9 Å². The molecule has 25 heavy (non-hydrogen) atoms. The number of nitrogens with zero attached hydrogens (tertiary/aromatic N) is 2. The third kappa shape index (κ3) is 5.01. The zero-order chi connectivity index (χ0) is 18.4. The number of urea groups is 1. The van der Waals surface area contributed by atoms with E-state index >= 15 is 0 Å². The number of aryl methyl sites for hydroxylation is 1. The first-order valence-corrected chi connectivity index (χ1v) is 8.36. The molecule has 1 heterocycles. The number of thiazole rings is 1. The maximum absolute atomic E-state index is 12.5. The van der Waals surface area contributed by atoms with E-state index in [0.717, 1.165) is 21.9 Å². The minimum atomic E-state index is -0.608. The average molecular weight is 362 g/mol. The summed E-state index contributed by atoms with van der Waals surface area (Å²) in [5, 5.41) is 5.21. The summed E-state index contributed by atoms with van der Waals surface area (Å²) < 4.78 is 4.87. The highest BCUT2D eigenvalue weighted by atomic mass is 32.1. The molecule has 1 aromatic carbocycles. The Morgan fingerprint density at radius 3 is 2.52 bits per heavy atom. The van der Waals surface area contributed by atoms with Gasteiger partial charge in [0.15, 0.2) is 5.69 Å². The predicted molar refractivity (Wildman–Crippen MR) is 94.6 cm³/mol. The van der Waals surface area contributed by atoms with Gasteiger partial charge >= 0.3 is 12.0 Å². The van der Waals surface area contributed by atoms with Crippen LogP contribution in [0.2, 0.25) is 0 Å². The number of rotatable bonds is 4. The van der Waals surface area contributed by atoms with E-state index in [0.29, 0.717) is 5.69 Å². The minimum Gasteiger partial charge on any atom is -0.461 e. The Morgan fingerprint density at radius 1 is 1.24 bits per heavy atom. The molecule has 8 nitrogen and oxygen atoms in total. The van der Waals surface area contributed by atoms with Gasteiger partial charge in [0.1, 0.15) is 0 Å². The van der Waals surface area contributed by atoms with Crippen molar-refractivity contribution in [1.82, 2.24) is 10.4 Å². The van der Waals surface area contributed by atoms with Gasteiger partial charge in [-0.1, -0.05) is 17.7 Å². The summed E-state index contributed by atoms with van der Waals surface area (Å²) in [6, 6.07) is 6.57. The lowest BCUT2D eigenvalue weighted by molar-refractivity contribution is -0.118. The molecule has 132 valence electrons. The number of benzene rings is 1. The number of esters is 1. The summed E-state index contributed by atoms with van der Waals surface area (Å²) >= 11 is 1.03. The molecule has 0 saturated heterocycles. The van der Waals surface area contributed by atoms with Crippen molar-refractivity contribution in [2.75, 3.05) is 16.9 Å². The van der Waals surface area contributed by atoms with E-state index < -0.39 is 17.9 Å². The second-order valence-electron chi connectivity index (χ2n) is 5.04. The van der Waals surface area contributed by atoms with Gasteiger partial charge in [0.05, 0.1) is 6.61 Å². The summed E-state index contributed by atoms with van der Waals surface area (Å²) in [5.41, 5.74) is 4.07. The maximum atomic E-state index is 12.5. The topological polar surface area (TPSA) is 101 Å². The molecule has 2 N–H and O–H groups in total. The van der Waals surface area contributed by atoms with Crippen LogP contribution >= 0.6 is 11.3 Å². The SMILES string of the molecule is CCOC(=O)c1csc(N(NC(C)=O)C(=O)Nc2ccc(C)cc2)n1. The second-order valence-corrected chi connectivity index (χ2v) is 5.87. The van der Waals surface area contributed by atoms with E-state index in [9.17, 15) is 14.4 Å². The number of carbonyl (C=O) groups excluding carboxylic acids is 3. The van der Waals surface area contributed by atoms with Gasteiger partial charge in [-0.15, -0.1) is 11.3 Å². The van der Waals surface area contributed by atoms with Gasteiger partial charge in [-0.05, 0) is 26.0 Å².